The molecule has 1 aromatic heterocycles. The van der Waals surface area contributed by atoms with Gasteiger partial charge in [-0.3, -0.25) is 0 Å². The molecule has 0 fully saturated rings. The van der Waals surface area contributed by atoms with E-state index in [1.807, 2.05) is 18.2 Å². The summed E-state index contributed by atoms with van der Waals surface area (Å²) in [7, 11) is 0. The van der Waals surface area contributed by atoms with Gasteiger partial charge >= 0.3 is 0 Å². The van der Waals surface area contributed by atoms with Crippen LogP contribution in [0.5, 0.6) is 0 Å². The fourth-order valence-electron chi connectivity index (χ4n) is 1.72. The van der Waals surface area contributed by atoms with Gasteiger partial charge in [-0.1, -0.05) is 30.3 Å². The summed E-state index contributed by atoms with van der Waals surface area (Å²) in [5, 5.41) is 1.28. The van der Waals surface area contributed by atoms with Gasteiger partial charge in [0.05, 0.1) is 16.1 Å². The van der Waals surface area contributed by atoms with Gasteiger partial charge in [-0.15, -0.1) is 22.9 Å². The van der Waals surface area contributed by atoms with Crippen molar-refractivity contribution in [1.29, 1.82) is 0 Å². The van der Waals surface area contributed by atoms with Crippen LogP contribution < -0.4 is 0 Å². The zero-order chi connectivity index (χ0) is 12.3. The summed E-state index contributed by atoms with van der Waals surface area (Å²) < 4.78 is 0. The van der Waals surface area contributed by atoms with E-state index in [0.717, 1.165) is 18.5 Å². The maximum Gasteiger partial charge on any atom is 0.0931 e. The lowest BCUT2D eigenvalue weighted by atomic mass is 10.1. The first kappa shape index (κ1) is 12.6. The minimum absolute atomic E-state index is 0.0840. The number of aromatic nitrogens is 1. The third kappa shape index (κ3) is 3.30. The molecule has 0 saturated carbocycles. The van der Waals surface area contributed by atoms with E-state index < -0.39 is 0 Å². The highest BCUT2D eigenvalue weighted by Gasteiger charge is 2.10. The van der Waals surface area contributed by atoms with Gasteiger partial charge in [0.1, 0.15) is 0 Å². The second-order valence-electron chi connectivity index (χ2n) is 4.17. The van der Waals surface area contributed by atoms with Crippen LogP contribution in [0.3, 0.4) is 0 Å². The van der Waals surface area contributed by atoms with Gasteiger partial charge in [-0.2, -0.15) is 0 Å². The Morgan fingerprint density at radius 1 is 1.24 bits per heavy atom. The lowest BCUT2D eigenvalue weighted by molar-refractivity contribution is 0.786. The SMILES string of the molecule is Cc1nc(CCC(Cl)c2ccccc2)sc1C. The molecular weight excluding hydrogens is 250 g/mol. The number of alkyl halides is 1. The molecule has 0 aliphatic rings. The van der Waals surface area contributed by atoms with E-state index in [-0.39, 0.29) is 5.38 Å². The molecule has 0 radical (unpaired) electrons. The molecule has 1 nitrogen and oxygen atoms in total. The van der Waals surface area contributed by atoms with Crippen LogP contribution in [0.4, 0.5) is 0 Å². The molecule has 0 aliphatic heterocycles. The van der Waals surface area contributed by atoms with E-state index in [1.165, 1.54) is 15.4 Å². The molecule has 1 heterocycles. The molecule has 90 valence electrons. The topological polar surface area (TPSA) is 12.9 Å². The highest BCUT2D eigenvalue weighted by atomic mass is 35.5. The van der Waals surface area contributed by atoms with Crippen LogP contribution in [-0.4, -0.2) is 4.98 Å². The standard InChI is InChI=1S/C14H16ClNS/c1-10-11(2)17-14(16-10)9-8-13(15)12-6-4-3-5-7-12/h3-7,13H,8-9H2,1-2H3. The van der Waals surface area contributed by atoms with Crippen molar-refractivity contribution in [3.8, 4) is 0 Å². The Kier molecular flexibility index (Phi) is 4.19. The summed E-state index contributed by atoms with van der Waals surface area (Å²) in [6.07, 6.45) is 1.90. The van der Waals surface area contributed by atoms with Crippen molar-refractivity contribution in [2.24, 2.45) is 0 Å². The molecule has 0 N–H and O–H groups in total. The predicted octanol–water partition coefficient (Wildman–Crippen LogP) is 4.67. The summed E-state index contributed by atoms with van der Waals surface area (Å²) in [5.41, 5.74) is 2.34. The number of thiazole rings is 1. The van der Waals surface area contributed by atoms with Gasteiger partial charge in [0, 0.05) is 11.3 Å². The molecule has 0 aliphatic carbocycles. The molecule has 17 heavy (non-hydrogen) atoms. The first-order valence-corrected chi connectivity index (χ1v) is 7.04. The van der Waals surface area contributed by atoms with Gasteiger partial charge in [0.2, 0.25) is 0 Å². The molecule has 1 unspecified atom stereocenters. The highest BCUT2D eigenvalue weighted by molar-refractivity contribution is 7.11. The van der Waals surface area contributed by atoms with E-state index in [4.69, 9.17) is 11.6 Å². The van der Waals surface area contributed by atoms with Gasteiger partial charge in [0.15, 0.2) is 0 Å². The predicted molar refractivity (Wildman–Crippen MR) is 74.9 cm³/mol. The number of halogens is 1. The molecule has 1 atom stereocenters. The summed E-state index contributed by atoms with van der Waals surface area (Å²) in [6.45, 7) is 4.18. The lowest BCUT2D eigenvalue weighted by Gasteiger charge is -2.07. The van der Waals surface area contributed by atoms with Crippen LogP contribution in [0.2, 0.25) is 0 Å². The zero-order valence-corrected chi connectivity index (χ0v) is 11.7. The van der Waals surface area contributed by atoms with E-state index in [0.29, 0.717) is 0 Å². The second-order valence-corrected chi connectivity index (χ2v) is 5.98. The molecule has 2 rings (SSSR count). The molecule has 0 spiro atoms. The number of hydrogen-bond donors (Lipinski definition) is 0. The smallest absolute Gasteiger partial charge is 0.0931 e. The van der Waals surface area contributed by atoms with Gasteiger partial charge in [0.25, 0.3) is 0 Å². The van der Waals surface area contributed by atoms with E-state index in [2.05, 4.69) is 31.0 Å². The molecule has 0 saturated heterocycles. The zero-order valence-electron chi connectivity index (χ0n) is 10.1. The first-order chi connectivity index (χ1) is 8.16. The van der Waals surface area contributed by atoms with Crippen molar-refractivity contribution >= 4 is 22.9 Å². The fourth-order valence-corrected chi connectivity index (χ4v) is 2.93. The molecular formula is C14H16ClNS. The number of hydrogen-bond acceptors (Lipinski definition) is 2. The Bertz CT molecular complexity index is 459. The van der Waals surface area contributed by atoms with E-state index in [9.17, 15) is 0 Å². The van der Waals surface area contributed by atoms with Crippen LogP contribution in [0.1, 0.15) is 32.9 Å². The van der Waals surface area contributed by atoms with Gasteiger partial charge in [-0.25, -0.2) is 4.98 Å². The Morgan fingerprint density at radius 2 is 1.94 bits per heavy atom. The summed E-state index contributed by atoms with van der Waals surface area (Å²) in [6, 6.07) is 10.2. The Balaban J connectivity index is 1.94. The van der Waals surface area contributed by atoms with Crippen molar-refractivity contribution < 1.29 is 0 Å². The number of nitrogens with zero attached hydrogens (tertiary/aromatic N) is 1. The largest absolute Gasteiger partial charge is 0.246 e. The lowest BCUT2D eigenvalue weighted by Crippen LogP contribution is -1.93. The van der Waals surface area contributed by atoms with Crippen molar-refractivity contribution in [2.45, 2.75) is 32.1 Å². The van der Waals surface area contributed by atoms with Crippen molar-refractivity contribution in [3.63, 3.8) is 0 Å². The normalized spacial score (nSPS) is 12.6. The van der Waals surface area contributed by atoms with Crippen LogP contribution in [-0.2, 0) is 6.42 Å². The molecule has 2 aromatic rings. The molecule has 3 heteroatoms. The third-order valence-corrected chi connectivity index (χ3v) is 4.45. The highest BCUT2D eigenvalue weighted by Crippen LogP contribution is 2.27. The van der Waals surface area contributed by atoms with E-state index in [1.54, 1.807) is 11.3 Å². The number of rotatable bonds is 4. The minimum Gasteiger partial charge on any atom is -0.246 e. The van der Waals surface area contributed by atoms with Crippen molar-refractivity contribution in [2.75, 3.05) is 0 Å². The first-order valence-electron chi connectivity index (χ1n) is 5.78. The summed E-state index contributed by atoms with van der Waals surface area (Å²) in [5.74, 6) is 0. The quantitative estimate of drug-likeness (QED) is 0.732. The number of benzene rings is 1. The number of aryl methyl sites for hydroxylation is 3. The summed E-state index contributed by atoms with van der Waals surface area (Å²) >= 11 is 8.16. The summed E-state index contributed by atoms with van der Waals surface area (Å²) in [4.78, 5) is 5.85. The maximum absolute atomic E-state index is 6.38. The third-order valence-electron chi connectivity index (χ3n) is 2.85. The average Bonchev–Trinajstić information content (AvgIpc) is 2.67. The Labute approximate surface area is 111 Å². The second kappa shape index (κ2) is 5.65. The Hall–Kier alpha value is -0.860. The van der Waals surface area contributed by atoms with E-state index >= 15 is 0 Å². The van der Waals surface area contributed by atoms with Gasteiger partial charge in [-0.05, 0) is 25.8 Å². The van der Waals surface area contributed by atoms with Crippen LogP contribution in [0, 0.1) is 13.8 Å². The molecule has 0 bridgehead atoms. The Morgan fingerprint density at radius 3 is 2.53 bits per heavy atom. The van der Waals surface area contributed by atoms with Crippen LogP contribution in [0.25, 0.3) is 0 Å². The van der Waals surface area contributed by atoms with Crippen LogP contribution >= 0.6 is 22.9 Å². The molecule has 1 aromatic carbocycles. The van der Waals surface area contributed by atoms with Crippen molar-refractivity contribution in [3.05, 3.63) is 51.5 Å². The fraction of sp³-hybridized carbons (Fsp3) is 0.357. The minimum atomic E-state index is 0.0840. The van der Waals surface area contributed by atoms with Crippen molar-refractivity contribution in [1.82, 2.24) is 4.98 Å². The maximum atomic E-state index is 6.38. The monoisotopic (exact) mass is 265 g/mol. The molecule has 0 amide bonds. The van der Waals surface area contributed by atoms with Crippen LogP contribution in [0.15, 0.2) is 30.3 Å². The van der Waals surface area contributed by atoms with Gasteiger partial charge < -0.3 is 0 Å². The average molecular weight is 266 g/mol.